The van der Waals surface area contributed by atoms with Crippen molar-refractivity contribution in [3.05, 3.63) is 46.1 Å². The maximum atomic E-state index is 13.9. The molecule has 2 heterocycles. The number of amides is 1. The van der Waals surface area contributed by atoms with E-state index in [4.69, 9.17) is 0 Å². The van der Waals surface area contributed by atoms with Gasteiger partial charge in [-0.3, -0.25) is 9.52 Å². The lowest BCUT2D eigenvalue weighted by molar-refractivity contribution is -0.139. The molecule has 144 valence electrons. The fourth-order valence-electron chi connectivity index (χ4n) is 3.45. The molecular weight excluding hydrogens is 387 g/mol. The molecule has 4 rings (SSSR count). The third-order valence-corrected chi connectivity index (χ3v) is 8.32. The van der Waals surface area contributed by atoms with E-state index in [1.165, 1.54) is 23.5 Å². The summed E-state index contributed by atoms with van der Waals surface area (Å²) in [4.78, 5) is 15.3. The first kappa shape index (κ1) is 18.4. The number of rotatable bonds is 4. The highest BCUT2D eigenvalue weighted by Crippen LogP contribution is 2.35. The van der Waals surface area contributed by atoms with E-state index >= 15 is 0 Å². The van der Waals surface area contributed by atoms with Crippen molar-refractivity contribution in [3.8, 4) is 0 Å². The van der Waals surface area contributed by atoms with Crippen LogP contribution in [0.5, 0.6) is 0 Å². The zero-order valence-corrected chi connectivity index (χ0v) is 16.6. The molecular formula is C19H21FN2O3S2. The van der Waals surface area contributed by atoms with Crippen LogP contribution in [0.4, 0.5) is 10.1 Å². The highest BCUT2D eigenvalue weighted by Gasteiger charge is 2.32. The molecule has 0 atom stereocenters. The summed E-state index contributed by atoms with van der Waals surface area (Å²) in [5.41, 5.74) is 1.59. The number of carbonyl (C=O) groups is 1. The van der Waals surface area contributed by atoms with Gasteiger partial charge in [0.1, 0.15) is 10.0 Å². The summed E-state index contributed by atoms with van der Waals surface area (Å²) in [7, 11) is -3.87. The fraction of sp³-hybridized carbons (Fsp3) is 0.421. The number of nitrogens with zero attached hydrogens (tertiary/aromatic N) is 1. The number of halogens is 1. The maximum Gasteiger partial charge on any atom is 0.271 e. The number of hydrogen-bond acceptors (Lipinski definition) is 4. The van der Waals surface area contributed by atoms with Crippen LogP contribution in [-0.2, 0) is 27.8 Å². The van der Waals surface area contributed by atoms with Crippen molar-refractivity contribution in [3.63, 3.8) is 0 Å². The number of hydrogen-bond donors (Lipinski definition) is 1. The summed E-state index contributed by atoms with van der Waals surface area (Å²) in [5.74, 6) is -0.287. The van der Waals surface area contributed by atoms with Gasteiger partial charge in [0.15, 0.2) is 0 Å². The Bertz CT molecular complexity index is 996. The molecule has 1 N–H and O–H groups in total. The highest BCUT2D eigenvalue weighted by atomic mass is 32.2. The largest absolute Gasteiger partial charge is 0.338 e. The monoisotopic (exact) mass is 408 g/mol. The average Bonchev–Trinajstić information content (AvgIpc) is 3.00. The van der Waals surface area contributed by atoms with Crippen LogP contribution < -0.4 is 4.72 Å². The first-order valence-electron chi connectivity index (χ1n) is 9.03. The topological polar surface area (TPSA) is 66.5 Å². The fourth-order valence-corrected chi connectivity index (χ4v) is 6.05. The molecule has 0 bridgehead atoms. The number of anilines is 1. The second-order valence-electron chi connectivity index (χ2n) is 7.24. The van der Waals surface area contributed by atoms with Gasteiger partial charge in [0.05, 0.1) is 5.69 Å². The van der Waals surface area contributed by atoms with Gasteiger partial charge in [0.25, 0.3) is 10.0 Å². The Hall–Kier alpha value is -1.93. The van der Waals surface area contributed by atoms with Crippen LogP contribution in [0.25, 0.3) is 0 Å². The molecule has 2 aliphatic rings. The lowest BCUT2D eigenvalue weighted by Crippen LogP contribution is -2.41. The molecule has 2 aromatic rings. The number of thiophene rings is 1. The summed E-state index contributed by atoms with van der Waals surface area (Å²) in [6, 6.07) is 5.93. The zero-order chi connectivity index (χ0) is 19.2. The van der Waals surface area contributed by atoms with Crippen molar-refractivity contribution in [2.45, 2.75) is 43.4 Å². The first-order chi connectivity index (χ1) is 12.8. The average molecular weight is 409 g/mol. The Labute approximate surface area is 162 Å². The number of nitrogens with one attached hydrogen (secondary N) is 1. The minimum absolute atomic E-state index is 0.0526. The quantitative estimate of drug-likeness (QED) is 0.839. The molecule has 1 aromatic carbocycles. The number of sulfonamides is 1. The van der Waals surface area contributed by atoms with Gasteiger partial charge in [0, 0.05) is 23.9 Å². The van der Waals surface area contributed by atoms with Crippen LogP contribution >= 0.6 is 11.3 Å². The second kappa shape index (κ2) is 6.91. The van der Waals surface area contributed by atoms with E-state index < -0.39 is 15.8 Å². The van der Waals surface area contributed by atoms with E-state index in [2.05, 4.69) is 4.72 Å². The molecule has 1 aliphatic carbocycles. The van der Waals surface area contributed by atoms with Crippen LogP contribution in [0.3, 0.4) is 0 Å². The molecule has 0 spiro atoms. The first-order valence-corrected chi connectivity index (χ1v) is 11.3. The SMILES string of the molecule is Cc1ccc(F)c(NS(=O)(=O)c2cc3c(s2)CCN(C(=O)C2CCC2)C3)c1. The summed E-state index contributed by atoms with van der Waals surface area (Å²) < 4.78 is 41.9. The van der Waals surface area contributed by atoms with Gasteiger partial charge in [-0.2, -0.15) is 0 Å². The van der Waals surface area contributed by atoms with E-state index in [-0.39, 0.29) is 21.7 Å². The van der Waals surface area contributed by atoms with E-state index in [9.17, 15) is 17.6 Å². The van der Waals surface area contributed by atoms with Gasteiger partial charge in [0.2, 0.25) is 5.91 Å². The van der Waals surface area contributed by atoms with Crippen molar-refractivity contribution in [2.24, 2.45) is 5.92 Å². The van der Waals surface area contributed by atoms with Crippen molar-refractivity contribution < 1.29 is 17.6 Å². The maximum absolute atomic E-state index is 13.9. The van der Waals surface area contributed by atoms with Crippen molar-refractivity contribution >= 4 is 33.0 Å². The zero-order valence-electron chi connectivity index (χ0n) is 15.0. The predicted octanol–water partition coefficient (Wildman–Crippen LogP) is 3.68. The molecule has 0 radical (unpaired) electrons. The Morgan fingerprint density at radius 2 is 2.07 bits per heavy atom. The number of fused-ring (bicyclic) bond motifs is 1. The Morgan fingerprint density at radius 1 is 1.30 bits per heavy atom. The Balaban J connectivity index is 1.54. The van der Waals surface area contributed by atoms with Crippen molar-refractivity contribution in [1.82, 2.24) is 4.90 Å². The molecule has 27 heavy (non-hydrogen) atoms. The van der Waals surface area contributed by atoms with E-state index in [1.54, 1.807) is 19.1 Å². The van der Waals surface area contributed by atoms with E-state index in [0.717, 1.165) is 35.3 Å². The van der Waals surface area contributed by atoms with Crippen LogP contribution in [-0.4, -0.2) is 25.8 Å². The predicted molar refractivity (Wildman–Crippen MR) is 103 cm³/mol. The highest BCUT2D eigenvalue weighted by molar-refractivity contribution is 7.94. The minimum Gasteiger partial charge on any atom is -0.338 e. The molecule has 1 saturated carbocycles. The van der Waals surface area contributed by atoms with Gasteiger partial charge in [-0.05, 0) is 55.5 Å². The number of carbonyl (C=O) groups excluding carboxylic acids is 1. The van der Waals surface area contributed by atoms with E-state index in [1.807, 2.05) is 4.90 Å². The van der Waals surface area contributed by atoms with Crippen LogP contribution in [0.15, 0.2) is 28.5 Å². The van der Waals surface area contributed by atoms with Gasteiger partial charge >= 0.3 is 0 Å². The van der Waals surface area contributed by atoms with E-state index in [0.29, 0.717) is 19.5 Å². The normalized spacial score (nSPS) is 17.3. The number of aryl methyl sites for hydroxylation is 1. The lowest BCUT2D eigenvalue weighted by Gasteiger charge is -2.33. The Morgan fingerprint density at radius 3 is 2.78 bits per heavy atom. The molecule has 5 nitrogen and oxygen atoms in total. The summed E-state index contributed by atoms with van der Waals surface area (Å²) >= 11 is 1.20. The molecule has 0 unspecified atom stereocenters. The number of benzene rings is 1. The lowest BCUT2D eigenvalue weighted by atomic mass is 9.84. The van der Waals surface area contributed by atoms with Gasteiger partial charge in [-0.25, -0.2) is 12.8 Å². The van der Waals surface area contributed by atoms with Crippen LogP contribution in [0, 0.1) is 18.7 Å². The minimum atomic E-state index is -3.87. The third-order valence-electron chi connectivity index (χ3n) is 5.24. The Kier molecular flexibility index (Phi) is 4.71. The van der Waals surface area contributed by atoms with Gasteiger partial charge in [-0.15, -0.1) is 11.3 Å². The molecule has 1 amide bonds. The summed E-state index contributed by atoms with van der Waals surface area (Å²) in [5, 5.41) is 0. The van der Waals surface area contributed by atoms with Crippen LogP contribution in [0.2, 0.25) is 0 Å². The third kappa shape index (κ3) is 3.60. The summed E-state index contributed by atoms with van der Waals surface area (Å²) in [6.45, 7) is 2.85. The van der Waals surface area contributed by atoms with Gasteiger partial charge < -0.3 is 4.90 Å². The molecule has 1 aliphatic heterocycles. The molecule has 1 aromatic heterocycles. The second-order valence-corrected chi connectivity index (χ2v) is 10.3. The molecule has 1 fully saturated rings. The van der Waals surface area contributed by atoms with Gasteiger partial charge in [-0.1, -0.05) is 12.5 Å². The molecule has 8 heteroatoms. The standard InChI is InChI=1S/C19H21FN2O3S2/c1-12-5-6-15(20)16(9-12)21-27(24,25)18-10-14-11-22(8-7-17(14)26-18)19(23)13-3-2-4-13/h5-6,9-10,13,21H,2-4,7-8,11H2,1H3. The van der Waals surface area contributed by atoms with Crippen LogP contribution in [0.1, 0.15) is 35.3 Å². The summed E-state index contributed by atoms with van der Waals surface area (Å²) in [6.07, 6.45) is 3.68. The smallest absolute Gasteiger partial charge is 0.271 e. The molecule has 0 saturated heterocycles. The van der Waals surface area contributed by atoms with Crippen molar-refractivity contribution in [1.29, 1.82) is 0 Å². The van der Waals surface area contributed by atoms with Crippen molar-refractivity contribution in [2.75, 3.05) is 11.3 Å².